The maximum absolute atomic E-state index is 12.0. The van der Waals surface area contributed by atoms with Crippen LogP contribution in [0.3, 0.4) is 0 Å². The van der Waals surface area contributed by atoms with Gasteiger partial charge in [-0.1, -0.05) is 35.9 Å². The van der Waals surface area contributed by atoms with E-state index in [2.05, 4.69) is 10.9 Å². The number of hydrazine groups is 1. The molecule has 23 heavy (non-hydrogen) atoms. The van der Waals surface area contributed by atoms with Crippen LogP contribution in [-0.4, -0.2) is 17.9 Å². The number of hydrogen-bond donors (Lipinski definition) is 2. The average Bonchev–Trinajstić information content (AvgIpc) is 2.52. The molecule has 2 amide bonds. The molecule has 0 saturated carbocycles. The van der Waals surface area contributed by atoms with Gasteiger partial charge >= 0.3 is 0 Å². The van der Waals surface area contributed by atoms with Gasteiger partial charge in [0.1, 0.15) is 5.75 Å². The third-order valence-electron chi connectivity index (χ3n) is 3.09. The largest absolute Gasteiger partial charge is 0.481 e. The monoisotopic (exact) mass is 332 g/mol. The van der Waals surface area contributed by atoms with Crippen molar-refractivity contribution in [1.82, 2.24) is 10.9 Å². The molecule has 5 nitrogen and oxygen atoms in total. The van der Waals surface area contributed by atoms with E-state index in [1.165, 1.54) is 0 Å². The minimum absolute atomic E-state index is 0.279. The van der Waals surface area contributed by atoms with Crippen molar-refractivity contribution < 1.29 is 14.3 Å². The van der Waals surface area contributed by atoms with E-state index in [0.29, 0.717) is 10.8 Å². The van der Waals surface area contributed by atoms with Crippen LogP contribution in [0.25, 0.3) is 0 Å². The summed E-state index contributed by atoms with van der Waals surface area (Å²) in [5, 5.41) is 0.309. The normalized spacial score (nSPS) is 11.4. The van der Waals surface area contributed by atoms with Gasteiger partial charge < -0.3 is 4.74 Å². The average molecular weight is 333 g/mol. The van der Waals surface area contributed by atoms with E-state index in [1.54, 1.807) is 37.3 Å². The van der Waals surface area contributed by atoms with Crippen LogP contribution in [0.4, 0.5) is 0 Å². The Morgan fingerprint density at radius 3 is 2.52 bits per heavy atom. The first kappa shape index (κ1) is 16.8. The van der Waals surface area contributed by atoms with Crippen molar-refractivity contribution in [3.63, 3.8) is 0 Å². The first-order chi connectivity index (χ1) is 11.0. The van der Waals surface area contributed by atoms with E-state index in [1.807, 2.05) is 25.1 Å². The number of hydrogen-bond acceptors (Lipinski definition) is 3. The molecular weight excluding hydrogens is 316 g/mol. The van der Waals surface area contributed by atoms with Gasteiger partial charge in [-0.25, -0.2) is 0 Å². The summed E-state index contributed by atoms with van der Waals surface area (Å²) in [6.07, 6.45) is -0.761. The van der Waals surface area contributed by atoms with Crippen LogP contribution in [0.1, 0.15) is 22.8 Å². The molecule has 0 fully saturated rings. The van der Waals surface area contributed by atoms with E-state index >= 15 is 0 Å². The Morgan fingerprint density at radius 2 is 1.83 bits per heavy atom. The van der Waals surface area contributed by atoms with Gasteiger partial charge in [-0.3, -0.25) is 20.4 Å². The summed E-state index contributed by atoms with van der Waals surface area (Å²) in [5.74, 6) is -0.372. The molecule has 2 rings (SSSR count). The lowest BCUT2D eigenvalue weighted by atomic mass is 10.2. The van der Waals surface area contributed by atoms with Gasteiger partial charge in [-0.05, 0) is 43.7 Å². The summed E-state index contributed by atoms with van der Waals surface area (Å²) in [6.45, 7) is 3.53. The standard InChI is InChI=1S/C17H17ClN2O3/c1-11-6-5-7-13(10-11)23-12(2)16(21)19-20-17(22)14-8-3-4-9-15(14)18/h3-10,12H,1-2H3,(H,19,21)(H,20,22). The zero-order chi connectivity index (χ0) is 16.8. The van der Waals surface area contributed by atoms with Gasteiger partial charge in [0, 0.05) is 0 Å². The summed E-state index contributed by atoms with van der Waals surface area (Å²) in [7, 11) is 0. The summed E-state index contributed by atoms with van der Waals surface area (Å²) in [6, 6.07) is 13.9. The molecule has 0 heterocycles. The van der Waals surface area contributed by atoms with E-state index in [-0.39, 0.29) is 5.56 Å². The Morgan fingerprint density at radius 1 is 1.09 bits per heavy atom. The molecule has 120 valence electrons. The predicted octanol–water partition coefficient (Wildman–Crippen LogP) is 2.88. The van der Waals surface area contributed by atoms with Crippen molar-refractivity contribution in [3.8, 4) is 5.75 Å². The zero-order valence-electron chi connectivity index (χ0n) is 12.8. The van der Waals surface area contributed by atoms with Gasteiger partial charge in [0.2, 0.25) is 0 Å². The van der Waals surface area contributed by atoms with Crippen molar-refractivity contribution >= 4 is 23.4 Å². The fraction of sp³-hybridized carbons (Fsp3) is 0.176. The van der Waals surface area contributed by atoms with Crippen LogP contribution in [-0.2, 0) is 4.79 Å². The van der Waals surface area contributed by atoms with Gasteiger partial charge in [0.15, 0.2) is 6.10 Å². The Hall–Kier alpha value is -2.53. The summed E-state index contributed by atoms with van der Waals surface area (Å²) < 4.78 is 5.53. The highest BCUT2D eigenvalue weighted by Crippen LogP contribution is 2.15. The molecule has 1 atom stereocenters. The molecule has 1 unspecified atom stereocenters. The number of halogens is 1. The fourth-order valence-corrected chi connectivity index (χ4v) is 2.10. The number of amides is 2. The fourth-order valence-electron chi connectivity index (χ4n) is 1.88. The molecular formula is C17H17ClN2O3. The lowest BCUT2D eigenvalue weighted by molar-refractivity contribution is -0.128. The van der Waals surface area contributed by atoms with Crippen molar-refractivity contribution in [1.29, 1.82) is 0 Å². The first-order valence-electron chi connectivity index (χ1n) is 7.05. The second-order valence-electron chi connectivity index (χ2n) is 5.00. The van der Waals surface area contributed by atoms with Crippen molar-refractivity contribution in [2.45, 2.75) is 20.0 Å². The van der Waals surface area contributed by atoms with Crippen LogP contribution >= 0.6 is 11.6 Å². The molecule has 0 aliphatic rings. The molecule has 0 saturated heterocycles. The number of carbonyl (C=O) groups excluding carboxylic acids is 2. The molecule has 0 aromatic heterocycles. The van der Waals surface area contributed by atoms with Gasteiger partial charge in [-0.15, -0.1) is 0 Å². The number of aryl methyl sites for hydroxylation is 1. The number of rotatable bonds is 4. The smallest absolute Gasteiger partial charge is 0.279 e. The molecule has 0 spiro atoms. The number of ether oxygens (including phenoxy) is 1. The van der Waals surface area contributed by atoms with Crippen molar-refractivity contribution in [3.05, 3.63) is 64.7 Å². The maximum Gasteiger partial charge on any atom is 0.279 e. The Bertz CT molecular complexity index is 718. The molecule has 0 aliphatic heterocycles. The highest BCUT2D eigenvalue weighted by Gasteiger charge is 2.16. The van der Waals surface area contributed by atoms with E-state index in [4.69, 9.17) is 16.3 Å². The Labute approximate surface area is 139 Å². The molecule has 6 heteroatoms. The van der Waals surface area contributed by atoms with Crippen LogP contribution in [0.5, 0.6) is 5.75 Å². The second kappa shape index (κ2) is 7.65. The van der Waals surface area contributed by atoms with E-state index in [0.717, 1.165) is 5.56 Å². The van der Waals surface area contributed by atoms with Gasteiger partial charge in [0.25, 0.3) is 11.8 Å². The van der Waals surface area contributed by atoms with Gasteiger partial charge in [0.05, 0.1) is 10.6 Å². The molecule has 2 N–H and O–H groups in total. The molecule has 0 aliphatic carbocycles. The van der Waals surface area contributed by atoms with Crippen LogP contribution in [0.2, 0.25) is 5.02 Å². The zero-order valence-corrected chi connectivity index (χ0v) is 13.6. The predicted molar refractivity (Wildman–Crippen MR) is 88.3 cm³/mol. The van der Waals surface area contributed by atoms with Crippen LogP contribution in [0, 0.1) is 6.92 Å². The van der Waals surface area contributed by atoms with Crippen molar-refractivity contribution in [2.75, 3.05) is 0 Å². The lowest BCUT2D eigenvalue weighted by Crippen LogP contribution is -2.47. The number of carbonyl (C=O) groups is 2. The second-order valence-corrected chi connectivity index (χ2v) is 5.41. The quantitative estimate of drug-likeness (QED) is 0.846. The van der Waals surface area contributed by atoms with Crippen LogP contribution < -0.4 is 15.6 Å². The third kappa shape index (κ3) is 4.72. The van der Waals surface area contributed by atoms with E-state index in [9.17, 15) is 9.59 Å². The highest BCUT2D eigenvalue weighted by molar-refractivity contribution is 6.33. The van der Waals surface area contributed by atoms with Crippen LogP contribution in [0.15, 0.2) is 48.5 Å². The number of benzene rings is 2. The maximum atomic E-state index is 12.0. The summed E-state index contributed by atoms with van der Waals surface area (Å²) in [5.41, 5.74) is 5.94. The first-order valence-corrected chi connectivity index (χ1v) is 7.43. The lowest BCUT2D eigenvalue weighted by Gasteiger charge is -2.15. The van der Waals surface area contributed by atoms with E-state index < -0.39 is 17.9 Å². The van der Waals surface area contributed by atoms with Crippen molar-refractivity contribution in [2.24, 2.45) is 0 Å². The minimum atomic E-state index is -0.761. The summed E-state index contributed by atoms with van der Waals surface area (Å²) in [4.78, 5) is 23.9. The highest BCUT2D eigenvalue weighted by atomic mass is 35.5. The third-order valence-corrected chi connectivity index (χ3v) is 3.42. The molecule has 0 radical (unpaired) electrons. The SMILES string of the molecule is Cc1cccc(OC(C)C(=O)NNC(=O)c2ccccc2Cl)c1. The summed E-state index contributed by atoms with van der Waals surface area (Å²) >= 11 is 5.92. The topological polar surface area (TPSA) is 67.4 Å². The van der Waals surface area contributed by atoms with Gasteiger partial charge in [-0.2, -0.15) is 0 Å². The molecule has 0 bridgehead atoms. The minimum Gasteiger partial charge on any atom is -0.481 e. The number of nitrogens with one attached hydrogen (secondary N) is 2. The Kier molecular flexibility index (Phi) is 5.60. The Balaban J connectivity index is 1.89. The molecule has 2 aromatic rings. The molecule has 2 aromatic carbocycles.